The first-order valence-corrected chi connectivity index (χ1v) is 11.1. The fraction of sp³-hybridized carbons (Fsp3) is 0.444. The summed E-state index contributed by atoms with van der Waals surface area (Å²) in [6.45, 7) is 12.9. The minimum Gasteiger partial charge on any atom is -0.493 e. The zero-order valence-corrected chi connectivity index (χ0v) is 19.3. The van der Waals surface area contributed by atoms with E-state index < -0.39 is 12.1 Å². The molecule has 0 radical (unpaired) electrons. The Kier molecular flexibility index (Phi) is 9.32. The number of aliphatic hydroxyl groups is 1. The van der Waals surface area contributed by atoms with Gasteiger partial charge in [-0.3, -0.25) is 0 Å². The van der Waals surface area contributed by atoms with Gasteiger partial charge < -0.3 is 14.6 Å². The highest BCUT2D eigenvalue weighted by molar-refractivity contribution is 5.81. The summed E-state index contributed by atoms with van der Waals surface area (Å²) in [7, 11) is 0. The Morgan fingerprint density at radius 2 is 1.65 bits per heavy atom. The molecule has 2 rings (SSSR count). The van der Waals surface area contributed by atoms with E-state index in [-0.39, 0.29) is 12.0 Å². The number of carbonyl (C=O) groups is 1. The number of hydrogen-bond acceptors (Lipinski definition) is 4. The average molecular weight is 425 g/mol. The normalized spacial score (nSPS) is 13.3. The van der Waals surface area contributed by atoms with Crippen LogP contribution in [0.2, 0.25) is 0 Å². The second-order valence-electron chi connectivity index (χ2n) is 8.70. The summed E-state index contributed by atoms with van der Waals surface area (Å²) in [5, 5.41) is 9.97. The smallest absolute Gasteiger partial charge is 0.330 e. The van der Waals surface area contributed by atoms with Crippen LogP contribution in [0.5, 0.6) is 5.75 Å². The Bertz CT molecular complexity index is 821. The van der Waals surface area contributed by atoms with Gasteiger partial charge in [-0.2, -0.15) is 0 Å². The van der Waals surface area contributed by atoms with Crippen LogP contribution >= 0.6 is 0 Å². The third kappa shape index (κ3) is 7.55. The Labute approximate surface area is 186 Å². The molecule has 0 amide bonds. The Morgan fingerprint density at radius 3 is 2.19 bits per heavy atom. The second kappa shape index (κ2) is 11.7. The van der Waals surface area contributed by atoms with Crippen molar-refractivity contribution in [2.75, 3.05) is 13.2 Å². The molecule has 0 bridgehead atoms. The van der Waals surface area contributed by atoms with Crippen LogP contribution in [0.25, 0.3) is 0 Å². The lowest BCUT2D eigenvalue weighted by Crippen LogP contribution is -2.19. The zero-order chi connectivity index (χ0) is 22.9. The summed E-state index contributed by atoms with van der Waals surface area (Å²) in [6.07, 6.45) is 2.78. The van der Waals surface area contributed by atoms with Crippen molar-refractivity contribution < 1.29 is 19.4 Å². The molecule has 0 spiro atoms. The van der Waals surface area contributed by atoms with Gasteiger partial charge in [-0.25, -0.2) is 4.79 Å². The first kappa shape index (κ1) is 24.7. The highest BCUT2D eigenvalue weighted by atomic mass is 16.5. The van der Waals surface area contributed by atoms with E-state index >= 15 is 0 Å². The minimum atomic E-state index is -0.680. The minimum absolute atomic E-state index is 0.00691. The van der Waals surface area contributed by atoms with E-state index in [1.807, 2.05) is 12.1 Å². The van der Waals surface area contributed by atoms with Crippen molar-refractivity contribution in [1.29, 1.82) is 0 Å². The monoisotopic (exact) mass is 424 g/mol. The van der Waals surface area contributed by atoms with Crippen molar-refractivity contribution in [1.82, 2.24) is 0 Å². The first-order chi connectivity index (χ1) is 14.8. The van der Waals surface area contributed by atoms with Gasteiger partial charge in [0.2, 0.25) is 0 Å². The number of ether oxygens (including phenoxy) is 2. The Morgan fingerprint density at radius 1 is 1.06 bits per heavy atom. The third-order valence-electron chi connectivity index (χ3n) is 5.83. The molecule has 0 aliphatic heterocycles. The molecule has 0 heterocycles. The van der Waals surface area contributed by atoms with Crippen molar-refractivity contribution >= 4 is 5.97 Å². The van der Waals surface area contributed by atoms with Gasteiger partial charge in [0.25, 0.3) is 0 Å². The largest absolute Gasteiger partial charge is 0.493 e. The fourth-order valence-corrected chi connectivity index (χ4v) is 3.23. The van der Waals surface area contributed by atoms with Crippen LogP contribution in [0.3, 0.4) is 0 Å². The predicted octanol–water partition coefficient (Wildman–Crippen LogP) is 5.46. The molecule has 0 fully saturated rings. The van der Waals surface area contributed by atoms with E-state index in [0.717, 1.165) is 36.8 Å². The van der Waals surface area contributed by atoms with Gasteiger partial charge in [0.15, 0.2) is 0 Å². The van der Waals surface area contributed by atoms with Crippen LogP contribution in [0.1, 0.15) is 57.2 Å². The summed E-state index contributed by atoms with van der Waals surface area (Å²) in [6, 6.07) is 16.9. The highest BCUT2D eigenvalue weighted by Gasteiger charge is 2.23. The standard InChI is InChI=1S/C27H36O4/c1-6-20(3)18-30-25-16-13-23(14-17-25)27(4,5)22-11-8-21(9-12-22)10-15-24(28)19-31-26(29)7-2/h7-9,11-14,16-17,20,24,28H,2,6,10,15,18-19H2,1,3-5H3. The Balaban J connectivity index is 1.94. The lowest BCUT2D eigenvalue weighted by Gasteiger charge is -2.26. The van der Waals surface area contributed by atoms with Crippen molar-refractivity contribution in [2.45, 2.75) is 58.5 Å². The van der Waals surface area contributed by atoms with Crippen molar-refractivity contribution in [3.05, 3.63) is 77.9 Å². The number of esters is 1. The number of aliphatic hydroxyl groups excluding tert-OH is 1. The van der Waals surface area contributed by atoms with Crippen LogP contribution in [0.15, 0.2) is 61.2 Å². The van der Waals surface area contributed by atoms with Crippen LogP contribution in [0.4, 0.5) is 0 Å². The highest BCUT2D eigenvalue weighted by Crippen LogP contribution is 2.32. The molecule has 0 aliphatic carbocycles. The number of benzene rings is 2. The Hall–Kier alpha value is -2.59. The molecular weight excluding hydrogens is 388 g/mol. The maximum Gasteiger partial charge on any atom is 0.330 e. The summed E-state index contributed by atoms with van der Waals surface area (Å²) in [5.41, 5.74) is 3.47. The van der Waals surface area contributed by atoms with Crippen LogP contribution < -0.4 is 4.74 Å². The number of hydrogen-bond donors (Lipinski definition) is 1. The van der Waals surface area contributed by atoms with Gasteiger partial charge in [-0.1, -0.05) is 77.1 Å². The van der Waals surface area contributed by atoms with Crippen LogP contribution in [-0.4, -0.2) is 30.4 Å². The molecule has 2 atom stereocenters. The molecule has 168 valence electrons. The van der Waals surface area contributed by atoms with Gasteiger partial charge >= 0.3 is 5.97 Å². The number of carbonyl (C=O) groups excluding carboxylic acids is 1. The molecule has 2 unspecified atom stereocenters. The number of rotatable bonds is 12. The van der Waals surface area contributed by atoms with Crippen molar-refractivity contribution in [2.24, 2.45) is 5.92 Å². The average Bonchev–Trinajstić information content (AvgIpc) is 2.80. The van der Waals surface area contributed by atoms with E-state index in [0.29, 0.717) is 12.3 Å². The summed E-state index contributed by atoms with van der Waals surface area (Å²) < 4.78 is 10.8. The quantitative estimate of drug-likeness (QED) is 0.363. The third-order valence-corrected chi connectivity index (χ3v) is 5.83. The van der Waals surface area contributed by atoms with E-state index in [9.17, 15) is 9.90 Å². The second-order valence-corrected chi connectivity index (χ2v) is 8.70. The molecule has 0 saturated carbocycles. The zero-order valence-electron chi connectivity index (χ0n) is 19.3. The predicted molar refractivity (Wildman–Crippen MR) is 125 cm³/mol. The van der Waals surface area contributed by atoms with Gasteiger partial charge in [0, 0.05) is 11.5 Å². The maximum absolute atomic E-state index is 11.1. The molecule has 4 heteroatoms. The molecule has 0 aromatic heterocycles. The van der Waals surface area contributed by atoms with Crippen molar-refractivity contribution in [3.8, 4) is 5.75 Å². The molecule has 2 aromatic carbocycles. The molecular formula is C27H36O4. The number of aryl methyl sites for hydroxylation is 1. The maximum atomic E-state index is 11.1. The SMILES string of the molecule is C=CC(=O)OCC(O)CCc1ccc(C(C)(C)c2ccc(OCC(C)CC)cc2)cc1. The van der Waals surface area contributed by atoms with E-state index in [1.54, 1.807) is 0 Å². The van der Waals surface area contributed by atoms with Crippen molar-refractivity contribution in [3.63, 3.8) is 0 Å². The first-order valence-electron chi connectivity index (χ1n) is 11.1. The molecule has 0 aliphatic rings. The van der Waals surface area contributed by atoms with E-state index in [1.165, 1.54) is 11.1 Å². The van der Waals surface area contributed by atoms with E-state index in [4.69, 9.17) is 9.47 Å². The molecule has 1 N–H and O–H groups in total. The van der Waals surface area contributed by atoms with Crippen LogP contribution in [-0.2, 0) is 21.4 Å². The topological polar surface area (TPSA) is 55.8 Å². The van der Waals surface area contributed by atoms with Gasteiger partial charge in [-0.15, -0.1) is 0 Å². The fourth-order valence-electron chi connectivity index (χ4n) is 3.23. The molecule has 2 aromatic rings. The van der Waals surface area contributed by atoms with Gasteiger partial charge in [0.05, 0.1) is 12.7 Å². The lowest BCUT2D eigenvalue weighted by molar-refractivity contribution is -0.140. The van der Waals surface area contributed by atoms with Gasteiger partial charge in [-0.05, 0) is 47.6 Å². The summed E-state index contributed by atoms with van der Waals surface area (Å²) in [4.78, 5) is 11.1. The van der Waals surface area contributed by atoms with E-state index in [2.05, 4.69) is 70.7 Å². The summed E-state index contributed by atoms with van der Waals surface area (Å²) in [5.74, 6) is 0.950. The summed E-state index contributed by atoms with van der Waals surface area (Å²) >= 11 is 0. The van der Waals surface area contributed by atoms with Gasteiger partial charge in [0.1, 0.15) is 12.4 Å². The lowest BCUT2D eigenvalue weighted by atomic mass is 9.78. The molecule has 31 heavy (non-hydrogen) atoms. The molecule has 0 saturated heterocycles. The van der Waals surface area contributed by atoms with Crippen LogP contribution in [0, 0.1) is 5.92 Å². The molecule has 4 nitrogen and oxygen atoms in total.